The number of carboxylic acids is 1. The second-order valence-electron chi connectivity index (χ2n) is 4.73. The van der Waals surface area contributed by atoms with Gasteiger partial charge in [0.15, 0.2) is 0 Å². The minimum Gasteiger partial charge on any atom is -0.481 e. The Balaban J connectivity index is 2.37. The van der Waals surface area contributed by atoms with Crippen LogP contribution in [0.4, 0.5) is 0 Å². The zero-order valence-electron chi connectivity index (χ0n) is 8.71. The summed E-state index contributed by atoms with van der Waals surface area (Å²) in [5.74, 6) is -0.684. The van der Waals surface area contributed by atoms with Crippen LogP contribution in [-0.4, -0.2) is 35.1 Å². The molecule has 13 heavy (non-hydrogen) atoms. The first-order valence-electron chi connectivity index (χ1n) is 4.90. The van der Waals surface area contributed by atoms with Gasteiger partial charge >= 0.3 is 5.97 Å². The van der Waals surface area contributed by atoms with Gasteiger partial charge in [-0.05, 0) is 11.8 Å². The lowest BCUT2D eigenvalue weighted by atomic mass is 9.82. The Morgan fingerprint density at radius 2 is 2.08 bits per heavy atom. The van der Waals surface area contributed by atoms with Gasteiger partial charge in [0.2, 0.25) is 0 Å². The number of nitrogens with zero attached hydrogens (tertiary/aromatic N) is 1. The zero-order valence-corrected chi connectivity index (χ0v) is 8.71. The quantitative estimate of drug-likeness (QED) is 0.723. The zero-order chi connectivity index (χ0) is 10.1. The molecule has 1 fully saturated rings. The molecular weight excluding hydrogens is 166 g/mol. The van der Waals surface area contributed by atoms with E-state index in [9.17, 15) is 4.79 Å². The van der Waals surface area contributed by atoms with Crippen molar-refractivity contribution in [1.29, 1.82) is 0 Å². The maximum absolute atomic E-state index is 10.5. The van der Waals surface area contributed by atoms with Crippen LogP contribution in [0.5, 0.6) is 0 Å². The van der Waals surface area contributed by atoms with E-state index in [-0.39, 0.29) is 12.5 Å². The molecule has 0 aromatic carbocycles. The lowest BCUT2D eigenvalue weighted by Crippen LogP contribution is -2.57. The molecular formula is C10H19NO2. The maximum atomic E-state index is 10.5. The SMILES string of the molecule is CCC(CC(=O)O)N1CC(C)(C)C1. The molecule has 1 rings (SSSR count). The van der Waals surface area contributed by atoms with Crippen LogP contribution in [0.25, 0.3) is 0 Å². The van der Waals surface area contributed by atoms with Crippen LogP contribution in [0, 0.1) is 5.41 Å². The highest BCUT2D eigenvalue weighted by Gasteiger charge is 2.37. The Morgan fingerprint density at radius 3 is 2.38 bits per heavy atom. The van der Waals surface area contributed by atoms with E-state index < -0.39 is 5.97 Å². The van der Waals surface area contributed by atoms with Gasteiger partial charge in [-0.2, -0.15) is 0 Å². The van der Waals surface area contributed by atoms with Crippen molar-refractivity contribution in [3.05, 3.63) is 0 Å². The van der Waals surface area contributed by atoms with Crippen molar-refractivity contribution in [3.8, 4) is 0 Å². The predicted molar refractivity (Wildman–Crippen MR) is 51.7 cm³/mol. The number of likely N-dealkylation sites (tertiary alicyclic amines) is 1. The van der Waals surface area contributed by atoms with Crippen LogP contribution >= 0.6 is 0 Å². The van der Waals surface area contributed by atoms with E-state index in [4.69, 9.17) is 5.11 Å². The van der Waals surface area contributed by atoms with Gasteiger partial charge < -0.3 is 5.11 Å². The van der Waals surface area contributed by atoms with Crippen LogP contribution in [0.1, 0.15) is 33.6 Å². The molecule has 1 unspecified atom stereocenters. The molecule has 1 aliphatic heterocycles. The van der Waals surface area contributed by atoms with Crippen molar-refractivity contribution in [1.82, 2.24) is 4.90 Å². The largest absolute Gasteiger partial charge is 0.481 e. The molecule has 1 heterocycles. The average molecular weight is 185 g/mol. The lowest BCUT2D eigenvalue weighted by molar-refractivity contribution is -0.140. The minimum atomic E-state index is -0.684. The summed E-state index contributed by atoms with van der Waals surface area (Å²) in [7, 11) is 0. The van der Waals surface area contributed by atoms with Crippen LogP contribution < -0.4 is 0 Å². The van der Waals surface area contributed by atoms with Crippen LogP contribution in [0.3, 0.4) is 0 Å². The van der Waals surface area contributed by atoms with E-state index in [1.165, 1.54) is 0 Å². The van der Waals surface area contributed by atoms with Gasteiger partial charge in [-0.15, -0.1) is 0 Å². The van der Waals surface area contributed by atoms with Gasteiger partial charge in [-0.1, -0.05) is 20.8 Å². The first-order chi connectivity index (χ1) is 5.94. The summed E-state index contributed by atoms with van der Waals surface area (Å²) in [4.78, 5) is 12.8. The van der Waals surface area contributed by atoms with Gasteiger partial charge in [0.1, 0.15) is 0 Å². The van der Waals surface area contributed by atoms with Gasteiger partial charge in [-0.3, -0.25) is 9.69 Å². The molecule has 0 bridgehead atoms. The molecule has 1 aliphatic rings. The Kier molecular flexibility index (Phi) is 2.96. The Hall–Kier alpha value is -0.570. The maximum Gasteiger partial charge on any atom is 0.304 e. The third-order valence-corrected chi connectivity index (χ3v) is 2.66. The fraction of sp³-hybridized carbons (Fsp3) is 0.900. The molecule has 1 saturated heterocycles. The number of hydrogen-bond donors (Lipinski definition) is 1. The Bertz CT molecular complexity index is 193. The number of rotatable bonds is 4. The standard InChI is InChI=1S/C10H19NO2/c1-4-8(5-9(12)13)11-6-10(2,3)7-11/h8H,4-7H2,1-3H3,(H,12,13). The molecule has 0 saturated carbocycles. The second kappa shape index (κ2) is 3.66. The summed E-state index contributed by atoms with van der Waals surface area (Å²) in [5.41, 5.74) is 0.395. The van der Waals surface area contributed by atoms with Gasteiger partial charge in [-0.25, -0.2) is 0 Å². The third-order valence-electron chi connectivity index (χ3n) is 2.66. The van der Waals surface area contributed by atoms with E-state index >= 15 is 0 Å². The average Bonchev–Trinajstić information content (AvgIpc) is 1.95. The summed E-state index contributed by atoms with van der Waals surface area (Å²) in [6.07, 6.45) is 1.22. The number of carboxylic acid groups (broad SMARTS) is 1. The first kappa shape index (κ1) is 10.5. The van der Waals surface area contributed by atoms with Gasteiger partial charge in [0, 0.05) is 19.1 Å². The van der Waals surface area contributed by atoms with E-state index in [1.807, 2.05) is 0 Å². The molecule has 0 aromatic heterocycles. The lowest BCUT2D eigenvalue weighted by Gasteiger charge is -2.49. The topological polar surface area (TPSA) is 40.5 Å². The van der Waals surface area contributed by atoms with E-state index in [1.54, 1.807) is 0 Å². The van der Waals surface area contributed by atoms with Crippen molar-refractivity contribution in [2.45, 2.75) is 39.7 Å². The molecule has 3 heteroatoms. The molecule has 76 valence electrons. The summed E-state index contributed by atoms with van der Waals surface area (Å²) in [6, 6.07) is 0.241. The van der Waals surface area contributed by atoms with Crippen LogP contribution in [0.2, 0.25) is 0 Å². The molecule has 3 nitrogen and oxygen atoms in total. The van der Waals surface area contributed by atoms with E-state index in [2.05, 4.69) is 25.7 Å². The van der Waals surface area contributed by atoms with Crippen molar-refractivity contribution >= 4 is 5.97 Å². The number of carbonyl (C=O) groups is 1. The predicted octanol–water partition coefficient (Wildman–Crippen LogP) is 1.58. The van der Waals surface area contributed by atoms with Crippen molar-refractivity contribution in [3.63, 3.8) is 0 Å². The monoisotopic (exact) mass is 185 g/mol. The van der Waals surface area contributed by atoms with Gasteiger partial charge in [0.05, 0.1) is 6.42 Å². The van der Waals surface area contributed by atoms with E-state index in [0.29, 0.717) is 5.41 Å². The number of aliphatic carboxylic acids is 1. The van der Waals surface area contributed by atoms with Crippen molar-refractivity contribution in [2.75, 3.05) is 13.1 Å². The molecule has 1 atom stereocenters. The van der Waals surface area contributed by atoms with Crippen molar-refractivity contribution < 1.29 is 9.90 Å². The van der Waals surface area contributed by atoms with Crippen molar-refractivity contribution in [2.24, 2.45) is 5.41 Å². The highest BCUT2D eigenvalue weighted by atomic mass is 16.4. The molecule has 0 amide bonds. The molecule has 0 aromatic rings. The molecule has 0 aliphatic carbocycles. The first-order valence-corrected chi connectivity index (χ1v) is 4.90. The van der Waals surface area contributed by atoms with E-state index in [0.717, 1.165) is 19.5 Å². The normalized spacial score (nSPS) is 23.6. The molecule has 0 spiro atoms. The summed E-state index contributed by atoms with van der Waals surface area (Å²) < 4.78 is 0. The summed E-state index contributed by atoms with van der Waals surface area (Å²) in [5, 5.41) is 8.69. The molecule has 0 radical (unpaired) electrons. The minimum absolute atomic E-state index is 0.241. The number of hydrogen-bond acceptors (Lipinski definition) is 2. The fourth-order valence-electron chi connectivity index (χ4n) is 2.04. The second-order valence-corrected chi connectivity index (χ2v) is 4.73. The van der Waals surface area contributed by atoms with Crippen LogP contribution in [-0.2, 0) is 4.79 Å². The Morgan fingerprint density at radius 1 is 1.54 bits per heavy atom. The third kappa shape index (κ3) is 2.69. The van der Waals surface area contributed by atoms with Gasteiger partial charge in [0.25, 0.3) is 0 Å². The Labute approximate surface area is 79.7 Å². The highest BCUT2D eigenvalue weighted by Crippen LogP contribution is 2.31. The summed E-state index contributed by atoms with van der Waals surface area (Å²) in [6.45, 7) is 8.57. The fourth-order valence-corrected chi connectivity index (χ4v) is 2.04. The van der Waals surface area contributed by atoms with Crippen LogP contribution in [0.15, 0.2) is 0 Å². The summed E-state index contributed by atoms with van der Waals surface area (Å²) >= 11 is 0. The highest BCUT2D eigenvalue weighted by molar-refractivity contribution is 5.67. The molecule has 1 N–H and O–H groups in total. The smallest absolute Gasteiger partial charge is 0.304 e.